The zero-order valence-corrected chi connectivity index (χ0v) is 58.4. The average Bonchev–Trinajstić information content (AvgIpc) is 1.59. The zero-order chi connectivity index (χ0) is 59.9. The van der Waals surface area contributed by atoms with Crippen molar-refractivity contribution < 1.29 is 0 Å². The molecule has 0 bridgehead atoms. The quantitative estimate of drug-likeness (QED) is 0.0358. The van der Waals surface area contributed by atoms with E-state index in [0.717, 1.165) is 34.9 Å². The van der Waals surface area contributed by atoms with Crippen molar-refractivity contribution in [1.29, 1.82) is 0 Å². The van der Waals surface area contributed by atoms with E-state index in [4.69, 9.17) is 17.5 Å². The van der Waals surface area contributed by atoms with Crippen LogP contribution in [0.25, 0.3) is 70.1 Å². The van der Waals surface area contributed by atoms with Gasteiger partial charge in [0.15, 0.2) is 0 Å². The van der Waals surface area contributed by atoms with Crippen LogP contribution in [0.4, 0.5) is 0 Å². The molecule has 3 aliphatic carbocycles. The normalized spacial score (nSPS) is 14.2. The fourth-order valence-electron chi connectivity index (χ4n) is 16.4. The third-order valence-corrected chi connectivity index (χ3v) is 24.3. The number of nitrogens with zero attached hydrogens (tertiary/aromatic N) is 4. The highest BCUT2D eigenvalue weighted by atomic mass is 32.1. The largest absolute Gasteiger partial charge is 0.173 e. The van der Waals surface area contributed by atoms with Gasteiger partial charge in [0.05, 0.1) is 33.2 Å². The first-order valence-corrected chi connectivity index (χ1v) is 39.1. The lowest BCUT2D eigenvalue weighted by molar-refractivity contribution is 0.394. The number of aromatic nitrogens is 4. The molecule has 8 heteroatoms. The van der Waals surface area contributed by atoms with Crippen LogP contribution in [0.5, 0.6) is 0 Å². The van der Waals surface area contributed by atoms with Crippen molar-refractivity contribution in [3.05, 3.63) is 85.8 Å². The Morgan fingerprint density at radius 3 is 1.14 bits per heavy atom. The number of rotatable bonds is 41. The molecule has 0 saturated carbocycles. The van der Waals surface area contributed by atoms with E-state index in [2.05, 4.69) is 91.8 Å². The van der Waals surface area contributed by atoms with Crippen molar-refractivity contribution in [3.8, 4) is 42.4 Å². The first kappa shape index (κ1) is 65.4. The maximum Gasteiger partial charge on any atom is 0.114 e. The molecule has 0 fully saturated rings. The molecule has 0 aliphatic heterocycles. The zero-order valence-electron chi connectivity index (χ0n) is 55.2. The molecule has 0 atom stereocenters. The molecule has 0 radical (unpaired) electrons. The fourth-order valence-corrected chi connectivity index (χ4v) is 20.0. The summed E-state index contributed by atoms with van der Waals surface area (Å²) in [5.41, 5.74) is 25.2. The van der Waals surface area contributed by atoms with Crippen molar-refractivity contribution in [1.82, 2.24) is 17.5 Å². The Balaban J connectivity index is 1.15. The molecule has 0 N–H and O–H groups in total. The van der Waals surface area contributed by atoms with Gasteiger partial charge in [-0.1, -0.05) is 271 Å². The second-order valence-corrected chi connectivity index (χ2v) is 30.7. The lowest BCUT2D eigenvalue weighted by Crippen LogP contribution is -2.27. The summed E-state index contributed by atoms with van der Waals surface area (Å²) in [5.74, 6) is 0. The molecule has 4 aromatic heterocycles. The summed E-state index contributed by atoms with van der Waals surface area (Å²) in [5, 5.41) is 0. The van der Waals surface area contributed by atoms with E-state index in [1.54, 1.807) is 33.4 Å². The Morgan fingerprint density at radius 2 is 0.698 bits per heavy atom. The topological polar surface area (TPSA) is 51.6 Å². The highest BCUT2D eigenvalue weighted by Crippen LogP contribution is 2.64. The van der Waals surface area contributed by atoms with E-state index in [0.29, 0.717) is 0 Å². The van der Waals surface area contributed by atoms with Crippen molar-refractivity contribution in [2.45, 2.75) is 323 Å². The van der Waals surface area contributed by atoms with Crippen molar-refractivity contribution in [2.75, 3.05) is 0 Å². The molecule has 4 heterocycles. The van der Waals surface area contributed by atoms with Gasteiger partial charge in [-0.25, -0.2) is 0 Å². The molecule has 86 heavy (non-hydrogen) atoms. The third-order valence-electron chi connectivity index (χ3n) is 20.9. The van der Waals surface area contributed by atoms with Gasteiger partial charge < -0.3 is 0 Å². The van der Waals surface area contributed by atoms with Crippen LogP contribution in [0.2, 0.25) is 0 Å². The summed E-state index contributed by atoms with van der Waals surface area (Å²) in [6.07, 6.45) is 52.2. The number of hydrogen-bond acceptors (Lipinski definition) is 8. The van der Waals surface area contributed by atoms with E-state index < -0.39 is 0 Å². The summed E-state index contributed by atoms with van der Waals surface area (Å²) < 4.78 is 21.4. The standard InChI is InChI=1S/C78H110N4S4/c1-9-15-19-23-27-31-35-39-45-77(46-40-36-32-28-24-20-16-10-2)63-52-59-64(51-58(63)69-65(77)49-55(7)71-73(69)81-85-79-71)78(47-41-37-33-29-25-21-17-11-3,48-42-38-34-30-26-22-18-12-4)66-53-60(72-74(70(59)66)82-86-80-72)67-54-62-68(57(43-13-5)44-14-6)61-50-56(8)83-75(61)76(62)84-67/h49-54H,9-48H2,1-8H3. The number of benzene rings is 3. The maximum absolute atomic E-state index is 5.55. The molecule has 10 rings (SSSR count). The molecule has 3 aromatic carbocycles. The van der Waals surface area contributed by atoms with E-state index in [1.807, 2.05) is 22.7 Å². The lowest BCUT2D eigenvalue weighted by Gasteiger charge is -2.35. The van der Waals surface area contributed by atoms with E-state index >= 15 is 0 Å². The van der Waals surface area contributed by atoms with Crippen LogP contribution in [-0.4, -0.2) is 17.5 Å². The monoisotopic (exact) mass is 1230 g/mol. The Labute approximate surface area is 538 Å². The number of allylic oxidation sites excluding steroid dienone is 1. The summed E-state index contributed by atoms with van der Waals surface area (Å²) in [6, 6.07) is 16.2. The minimum atomic E-state index is -0.139. The number of hydrogen-bond donors (Lipinski definition) is 0. The van der Waals surface area contributed by atoms with Crippen LogP contribution in [0, 0.1) is 13.8 Å². The van der Waals surface area contributed by atoms with Crippen molar-refractivity contribution in [3.63, 3.8) is 0 Å². The molecule has 0 unspecified atom stereocenters. The summed E-state index contributed by atoms with van der Waals surface area (Å²) >= 11 is 6.94. The molecule has 0 amide bonds. The SMILES string of the molecule is CCCCCCCCCCC1(CCCCCCCCCC)c2cc3c(cc2-c2c1cc(C)c1nsnc21)C(CCCCCCCCCC)(CCCCCCCCCC)c1cc(-c2cc4c(s2)-c2sc(C)cc2C4=C(CCC)CCC)c2nsnc2c1-3. The summed E-state index contributed by atoms with van der Waals surface area (Å²) in [6.45, 7) is 18.8. The molecular weight excluding hydrogens is 1120 g/mol. The van der Waals surface area contributed by atoms with Gasteiger partial charge in [0.2, 0.25) is 0 Å². The van der Waals surface area contributed by atoms with Crippen molar-refractivity contribution >= 4 is 73.8 Å². The van der Waals surface area contributed by atoms with Crippen LogP contribution in [-0.2, 0) is 10.8 Å². The van der Waals surface area contributed by atoms with Crippen LogP contribution in [0.15, 0.2) is 42.0 Å². The van der Waals surface area contributed by atoms with E-state index in [-0.39, 0.29) is 10.8 Å². The van der Waals surface area contributed by atoms with Gasteiger partial charge in [-0.15, -0.1) is 22.7 Å². The van der Waals surface area contributed by atoms with Gasteiger partial charge in [0, 0.05) is 48.4 Å². The average molecular weight is 1230 g/mol. The minimum absolute atomic E-state index is 0.0802. The maximum atomic E-state index is 5.55. The molecule has 0 saturated heterocycles. The molecule has 0 spiro atoms. The molecular formula is C78H110N4S4. The fraction of sp³-hybridized carbons (Fsp3) is 0.641. The number of fused-ring (bicyclic) bond motifs is 13. The molecule has 3 aliphatic rings. The van der Waals surface area contributed by atoms with Gasteiger partial charge in [0.25, 0.3) is 0 Å². The number of unbranched alkanes of at least 4 members (excludes halogenated alkanes) is 28. The minimum Gasteiger partial charge on any atom is -0.173 e. The first-order chi connectivity index (χ1) is 42.3. The number of aryl methyl sites for hydroxylation is 2. The van der Waals surface area contributed by atoms with Gasteiger partial charge >= 0.3 is 0 Å². The molecule has 4 nitrogen and oxygen atoms in total. The summed E-state index contributed by atoms with van der Waals surface area (Å²) in [4.78, 5) is 5.77. The Morgan fingerprint density at radius 1 is 0.337 bits per heavy atom. The molecule has 466 valence electrons. The Kier molecular flexibility index (Phi) is 24.3. The second kappa shape index (κ2) is 31.9. The van der Waals surface area contributed by atoms with Crippen LogP contribution < -0.4 is 0 Å². The first-order valence-electron chi connectivity index (χ1n) is 36.0. The van der Waals surface area contributed by atoms with Gasteiger partial charge in [-0.05, 0) is 127 Å². The van der Waals surface area contributed by atoms with E-state index in [1.165, 1.54) is 331 Å². The van der Waals surface area contributed by atoms with Crippen LogP contribution in [0.1, 0.15) is 342 Å². The van der Waals surface area contributed by atoms with Gasteiger partial charge in [-0.2, -0.15) is 17.5 Å². The number of thiophene rings is 2. The Hall–Kier alpha value is -3.56. The van der Waals surface area contributed by atoms with Gasteiger partial charge in [-0.3, -0.25) is 0 Å². The summed E-state index contributed by atoms with van der Waals surface area (Å²) in [7, 11) is 0. The smallest absolute Gasteiger partial charge is 0.114 e. The highest BCUT2D eigenvalue weighted by Gasteiger charge is 2.50. The van der Waals surface area contributed by atoms with Gasteiger partial charge in [0.1, 0.15) is 22.1 Å². The Bertz CT molecular complexity index is 3270. The van der Waals surface area contributed by atoms with Crippen molar-refractivity contribution in [2.24, 2.45) is 0 Å². The predicted molar refractivity (Wildman–Crippen MR) is 382 cm³/mol. The molecule has 7 aromatic rings. The second-order valence-electron chi connectivity index (χ2n) is 27.3. The van der Waals surface area contributed by atoms with Crippen LogP contribution in [0.3, 0.4) is 0 Å². The third kappa shape index (κ3) is 14.0. The lowest BCUT2D eigenvalue weighted by atomic mass is 9.68. The highest BCUT2D eigenvalue weighted by molar-refractivity contribution is 7.24. The van der Waals surface area contributed by atoms with E-state index in [9.17, 15) is 0 Å². The predicted octanol–water partition coefficient (Wildman–Crippen LogP) is 27.1. The van der Waals surface area contributed by atoms with Crippen LogP contribution >= 0.6 is 46.1 Å².